The molecule has 0 aromatic heterocycles. The van der Waals surface area contributed by atoms with E-state index < -0.39 is 11.8 Å². The number of aliphatic hydroxyl groups excluding tert-OH is 1. The minimum Gasteiger partial charge on any atom is -0.478 e. The van der Waals surface area contributed by atoms with Crippen molar-refractivity contribution in [2.45, 2.75) is 25.8 Å². The minimum absolute atomic E-state index is 0.0510. The highest BCUT2D eigenvalue weighted by molar-refractivity contribution is 5.88. The summed E-state index contributed by atoms with van der Waals surface area (Å²) < 4.78 is 13.4. The minimum atomic E-state index is -1.28. The molecule has 0 spiro atoms. The van der Waals surface area contributed by atoms with Gasteiger partial charge in [-0.2, -0.15) is 0 Å². The molecule has 1 rings (SSSR count). The largest absolute Gasteiger partial charge is 0.478 e. The van der Waals surface area contributed by atoms with Crippen molar-refractivity contribution in [2.75, 3.05) is 11.9 Å². The van der Waals surface area contributed by atoms with E-state index >= 15 is 0 Å². The van der Waals surface area contributed by atoms with Crippen molar-refractivity contribution in [2.24, 2.45) is 0 Å². The normalized spacial score (nSPS) is 12.2. The summed E-state index contributed by atoms with van der Waals surface area (Å²) >= 11 is 0. The van der Waals surface area contributed by atoms with E-state index in [0.717, 1.165) is 12.5 Å². The number of carboxylic acids is 1. The Hall–Kier alpha value is -1.62. The second-order valence-electron chi connectivity index (χ2n) is 3.76. The first kappa shape index (κ1) is 13.4. The molecule has 1 aromatic carbocycles. The second kappa shape index (κ2) is 6.20. The molecule has 4 nitrogen and oxygen atoms in total. The lowest BCUT2D eigenvalue weighted by molar-refractivity contribution is 0.0692. The van der Waals surface area contributed by atoms with Crippen LogP contribution in [-0.4, -0.2) is 28.8 Å². The Kier molecular flexibility index (Phi) is 4.90. The first-order chi connectivity index (χ1) is 8.08. The molecular weight excluding hydrogens is 225 g/mol. The SMILES string of the molecule is CCC(CCO)Nc1ccc(C(=O)O)c(F)c1. The van der Waals surface area contributed by atoms with Crippen LogP contribution in [0.5, 0.6) is 0 Å². The van der Waals surface area contributed by atoms with Gasteiger partial charge in [-0.1, -0.05) is 6.92 Å². The van der Waals surface area contributed by atoms with Gasteiger partial charge >= 0.3 is 5.97 Å². The molecule has 0 bridgehead atoms. The molecular formula is C12H16FNO3. The lowest BCUT2D eigenvalue weighted by atomic mass is 10.1. The first-order valence-electron chi connectivity index (χ1n) is 5.48. The van der Waals surface area contributed by atoms with Gasteiger partial charge in [0.25, 0.3) is 0 Å². The zero-order valence-electron chi connectivity index (χ0n) is 9.61. The van der Waals surface area contributed by atoms with Crippen molar-refractivity contribution < 1.29 is 19.4 Å². The molecule has 0 amide bonds. The van der Waals surface area contributed by atoms with Crippen LogP contribution in [-0.2, 0) is 0 Å². The molecule has 0 aliphatic rings. The van der Waals surface area contributed by atoms with Crippen LogP contribution in [0.15, 0.2) is 18.2 Å². The van der Waals surface area contributed by atoms with Crippen LogP contribution in [0.1, 0.15) is 30.1 Å². The summed E-state index contributed by atoms with van der Waals surface area (Å²) in [5.74, 6) is -2.04. The van der Waals surface area contributed by atoms with Crippen LogP contribution in [0.2, 0.25) is 0 Å². The van der Waals surface area contributed by atoms with Gasteiger partial charge in [-0.3, -0.25) is 0 Å². The number of carbonyl (C=O) groups is 1. The van der Waals surface area contributed by atoms with Crippen LogP contribution in [0, 0.1) is 5.82 Å². The van der Waals surface area contributed by atoms with Crippen LogP contribution in [0.25, 0.3) is 0 Å². The van der Waals surface area contributed by atoms with Crippen LogP contribution in [0.4, 0.5) is 10.1 Å². The van der Waals surface area contributed by atoms with Crippen LogP contribution >= 0.6 is 0 Å². The lowest BCUT2D eigenvalue weighted by Gasteiger charge is -2.17. The van der Waals surface area contributed by atoms with Gasteiger partial charge in [-0.25, -0.2) is 9.18 Å². The second-order valence-corrected chi connectivity index (χ2v) is 3.76. The van der Waals surface area contributed by atoms with Crippen LogP contribution < -0.4 is 5.32 Å². The highest BCUT2D eigenvalue weighted by Crippen LogP contribution is 2.16. The molecule has 0 aliphatic carbocycles. The van der Waals surface area contributed by atoms with Gasteiger partial charge in [0.2, 0.25) is 0 Å². The Labute approximate surface area is 99.1 Å². The Morgan fingerprint density at radius 3 is 2.71 bits per heavy atom. The molecule has 0 saturated carbocycles. The van der Waals surface area contributed by atoms with Crippen LogP contribution in [0.3, 0.4) is 0 Å². The van der Waals surface area contributed by atoms with Crippen molar-refractivity contribution in [1.82, 2.24) is 0 Å². The number of hydrogen-bond donors (Lipinski definition) is 3. The number of halogens is 1. The van der Waals surface area contributed by atoms with Gasteiger partial charge in [0.05, 0.1) is 5.56 Å². The quantitative estimate of drug-likeness (QED) is 0.713. The number of aromatic carboxylic acids is 1. The van der Waals surface area contributed by atoms with E-state index in [1.807, 2.05) is 6.92 Å². The van der Waals surface area contributed by atoms with Gasteiger partial charge in [-0.05, 0) is 31.0 Å². The van der Waals surface area contributed by atoms with E-state index in [4.69, 9.17) is 10.2 Å². The average Bonchev–Trinajstić information content (AvgIpc) is 2.28. The van der Waals surface area contributed by atoms with Crippen molar-refractivity contribution in [1.29, 1.82) is 0 Å². The lowest BCUT2D eigenvalue weighted by Crippen LogP contribution is -2.20. The van der Waals surface area contributed by atoms with E-state index in [-0.39, 0.29) is 18.2 Å². The van der Waals surface area contributed by atoms with E-state index in [0.29, 0.717) is 12.1 Å². The third-order valence-corrected chi connectivity index (χ3v) is 2.54. The molecule has 0 heterocycles. The molecule has 3 N–H and O–H groups in total. The maximum absolute atomic E-state index is 13.4. The maximum atomic E-state index is 13.4. The molecule has 0 fully saturated rings. The van der Waals surface area contributed by atoms with Gasteiger partial charge < -0.3 is 15.5 Å². The number of carboxylic acid groups (broad SMARTS) is 1. The number of anilines is 1. The Balaban J connectivity index is 2.79. The van der Waals surface area contributed by atoms with Crippen molar-refractivity contribution in [3.8, 4) is 0 Å². The van der Waals surface area contributed by atoms with Gasteiger partial charge in [0, 0.05) is 18.3 Å². The van der Waals surface area contributed by atoms with Crippen molar-refractivity contribution in [3.05, 3.63) is 29.6 Å². The molecule has 17 heavy (non-hydrogen) atoms. The Bertz CT molecular complexity index is 395. The Morgan fingerprint density at radius 2 is 2.24 bits per heavy atom. The summed E-state index contributed by atoms with van der Waals surface area (Å²) in [6.07, 6.45) is 1.36. The zero-order chi connectivity index (χ0) is 12.8. The summed E-state index contributed by atoms with van der Waals surface area (Å²) in [4.78, 5) is 10.6. The highest BCUT2D eigenvalue weighted by atomic mass is 19.1. The summed E-state index contributed by atoms with van der Waals surface area (Å²) in [6, 6.07) is 3.96. The van der Waals surface area contributed by atoms with E-state index in [9.17, 15) is 9.18 Å². The fourth-order valence-corrected chi connectivity index (χ4v) is 1.55. The molecule has 0 radical (unpaired) electrons. The fourth-order valence-electron chi connectivity index (χ4n) is 1.55. The standard InChI is InChI=1S/C12H16FNO3/c1-2-8(5-6-15)14-9-3-4-10(12(16)17)11(13)7-9/h3-4,7-8,14-15H,2,5-6H2,1H3,(H,16,17). The fraction of sp³-hybridized carbons (Fsp3) is 0.417. The molecule has 1 aromatic rings. The summed E-state index contributed by atoms with van der Waals surface area (Å²) in [5, 5.41) is 20.5. The molecule has 5 heteroatoms. The molecule has 0 aliphatic heterocycles. The van der Waals surface area contributed by atoms with Crippen molar-refractivity contribution >= 4 is 11.7 Å². The smallest absolute Gasteiger partial charge is 0.338 e. The van der Waals surface area contributed by atoms with E-state index in [1.54, 1.807) is 0 Å². The summed E-state index contributed by atoms with van der Waals surface area (Å²) in [6.45, 7) is 2.01. The summed E-state index contributed by atoms with van der Waals surface area (Å²) in [5.41, 5.74) is 0.179. The number of rotatable bonds is 6. The monoisotopic (exact) mass is 241 g/mol. The number of benzene rings is 1. The Morgan fingerprint density at radius 1 is 1.53 bits per heavy atom. The molecule has 1 unspecified atom stereocenters. The third kappa shape index (κ3) is 3.71. The van der Waals surface area contributed by atoms with E-state index in [2.05, 4.69) is 5.32 Å². The summed E-state index contributed by atoms with van der Waals surface area (Å²) in [7, 11) is 0. The molecule has 0 saturated heterocycles. The molecule has 94 valence electrons. The van der Waals surface area contributed by atoms with Gasteiger partial charge in [-0.15, -0.1) is 0 Å². The first-order valence-corrected chi connectivity index (χ1v) is 5.48. The van der Waals surface area contributed by atoms with Gasteiger partial charge in [0.15, 0.2) is 0 Å². The number of nitrogens with one attached hydrogen (secondary N) is 1. The van der Waals surface area contributed by atoms with Gasteiger partial charge in [0.1, 0.15) is 5.82 Å². The predicted molar refractivity (Wildman–Crippen MR) is 62.8 cm³/mol. The maximum Gasteiger partial charge on any atom is 0.338 e. The number of hydrogen-bond acceptors (Lipinski definition) is 3. The zero-order valence-corrected chi connectivity index (χ0v) is 9.61. The predicted octanol–water partition coefficient (Wildman–Crippen LogP) is 2.10. The number of aliphatic hydroxyl groups is 1. The van der Waals surface area contributed by atoms with Crippen molar-refractivity contribution in [3.63, 3.8) is 0 Å². The molecule has 1 atom stereocenters. The topological polar surface area (TPSA) is 69.6 Å². The van der Waals surface area contributed by atoms with E-state index in [1.165, 1.54) is 12.1 Å². The average molecular weight is 241 g/mol. The highest BCUT2D eigenvalue weighted by Gasteiger charge is 2.11. The third-order valence-electron chi connectivity index (χ3n) is 2.54.